The van der Waals surface area contributed by atoms with Crippen LogP contribution < -0.4 is 4.72 Å². The van der Waals surface area contributed by atoms with Crippen molar-refractivity contribution in [1.82, 2.24) is 0 Å². The van der Waals surface area contributed by atoms with Crippen LogP contribution in [0.2, 0.25) is 0 Å². The Morgan fingerprint density at radius 2 is 2.00 bits per heavy atom. The van der Waals surface area contributed by atoms with Gasteiger partial charge in [0.25, 0.3) is 10.0 Å². The largest absolute Gasteiger partial charge is 0.462 e. The summed E-state index contributed by atoms with van der Waals surface area (Å²) < 4.78 is 32.9. The third-order valence-corrected chi connectivity index (χ3v) is 4.87. The number of anilines is 1. The third kappa shape index (κ3) is 3.05. The summed E-state index contributed by atoms with van der Waals surface area (Å²) in [5.74, 6) is 0.454. The third-order valence-electron chi connectivity index (χ3n) is 2.74. The molecule has 0 aliphatic carbocycles. The first-order valence-corrected chi connectivity index (χ1v) is 8.10. The lowest BCUT2D eigenvalue weighted by Gasteiger charge is -2.09. The minimum Gasteiger partial charge on any atom is -0.462 e. The van der Waals surface area contributed by atoms with Crippen LogP contribution in [0.5, 0.6) is 0 Å². The maximum atomic E-state index is 12.3. The molecule has 2 aromatic rings. The van der Waals surface area contributed by atoms with E-state index in [1.807, 2.05) is 19.1 Å². The van der Waals surface area contributed by atoms with Crippen LogP contribution in [0, 0.1) is 13.8 Å². The van der Waals surface area contributed by atoms with Crippen molar-refractivity contribution in [3.8, 4) is 0 Å². The topological polar surface area (TPSA) is 79.5 Å². The number of aliphatic hydroxyl groups is 1. The van der Waals surface area contributed by atoms with Crippen LogP contribution in [0.1, 0.15) is 17.1 Å². The van der Waals surface area contributed by atoms with E-state index >= 15 is 0 Å². The Balaban J connectivity index is 2.38. The van der Waals surface area contributed by atoms with E-state index in [1.165, 1.54) is 13.0 Å². The van der Waals surface area contributed by atoms with Crippen LogP contribution in [0.4, 0.5) is 5.69 Å². The van der Waals surface area contributed by atoms with Gasteiger partial charge >= 0.3 is 0 Å². The van der Waals surface area contributed by atoms with E-state index in [4.69, 9.17) is 9.52 Å². The molecule has 1 heterocycles. The molecule has 108 valence electrons. The summed E-state index contributed by atoms with van der Waals surface area (Å²) in [6.45, 7) is 3.11. The van der Waals surface area contributed by atoms with Gasteiger partial charge in [-0.15, -0.1) is 0 Å². The first-order valence-electron chi connectivity index (χ1n) is 5.82. The van der Waals surface area contributed by atoms with Crippen LogP contribution in [-0.4, -0.2) is 13.5 Å². The molecule has 0 unspecified atom stereocenters. The second kappa shape index (κ2) is 5.59. The highest BCUT2D eigenvalue weighted by atomic mass is 79.9. The van der Waals surface area contributed by atoms with E-state index in [1.54, 1.807) is 6.07 Å². The zero-order valence-electron chi connectivity index (χ0n) is 11.0. The normalized spacial score (nSPS) is 11.6. The second-order valence-corrected chi connectivity index (χ2v) is 6.89. The van der Waals surface area contributed by atoms with Gasteiger partial charge < -0.3 is 9.52 Å². The predicted octanol–water partition coefficient (Wildman–Crippen LogP) is 2.95. The molecular formula is C13H14BrNO4S. The maximum Gasteiger partial charge on any atom is 0.265 e. The number of furan rings is 1. The highest BCUT2D eigenvalue weighted by Gasteiger charge is 2.22. The molecule has 0 amide bonds. The Morgan fingerprint density at radius 3 is 2.55 bits per heavy atom. The molecule has 2 rings (SSSR count). The SMILES string of the molecule is Cc1ccc(NS(=O)(=O)c2cc(CO)oc2C)c(Br)c1. The summed E-state index contributed by atoms with van der Waals surface area (Å²) in [6.07, 6.45) is 0. The number of halogens is 1. The molecule has 5 nitrogen and oxygen atoms in total. The van der Waals surface area contributed by atoms with Crippen LogP contribution in [-0.2, 0) is 16.6 Å². The Labute approximate surface area is 125 Å². The molecule has 0 fully saturated rings. The van der Waals surface area contributed by atoms with E-state index in [0.717, 1.165) is 5.56 Å². The fourth-order valence-corrected chi connectivity index (χ4v) is 3.78. The van der Waals surface area contributed by atoms with Crippen LogP contribution in [0.25, 0.3) is 0 Å². The van der Waals surface area contributed by atoms with Gasteiger partial charge in [-0.2, -0.15) is 0 Å². The quantitative estimate of drug-likeness (QED) is 0.879. The van der Waals surface area contributed by atoms with E-state index in [0.29, 0.717) is 10.2 Å². The van der Waals surface area contributed by atoms with Gasteiger partial charge in [0, 0.05) is 10.5 Å². The molecule has 0 aliphatic heterocycles. The highest BCUT2D eigenvalue weighted by Crippen LogP contribution is 2.28. The molecule has 0 bridgehead atoms. The molecule has 1 aromatic heterocycles. The average Bonchev–Trinajstić information content (AvgIpc) is 2.75. The van der Waals surface area contributed by atoms with Crippen molar-refractivity contribution >= 4 is 31.6 Å². The predicted molar refractivity (Wildman–Crippen MR) is 79.1 cm³/mol. The van der Waals surface area contributed by atoms with Crippen molar-refractivity contribution in [3.05, 3.63) is 45.8 Å². The lowest BCUT2D eigenvalue weighted by molar-refractivity contribution is 0.245. The zero-order valence-corrected chi connectivity index (χ0v) is 13.4. The summed E-state index contributed by atoms with van der Waals surface area (Å²) >= 11 is 3.32. The molecular weight excluding hydrogens is 346 g/mol. The molecule has 7 heteroatoms. The molecule has 0 aliphatic rings. The van der Waals surface area contributed by atoms with E-state index in [9.17, 15) is 8.42 Å². The van der Waals surface area contributed by atoms with Crippen molar-refractivity contribution in [3.63, 3.8) is 0 Å². The first kappa shape index (κ1) is 15.1. The fraction of sp³-hybridized carbons (Fsp3) is 0.231. The van der Waals surface area contributed by atoms with Crippen molar-refractivity contribution in [2.45, 2.75) is 25.3 Å². The standard InChI is InChI=1S/C13H14BrNO4S/c1-8-3-4-12(11(14)5-8)15-20(17,18)13-6-10(7-16)19-9(13)2/h3-6,15-16H,7H2,1-2H3. The van der Waals surface area contributed by atoms with Crippen LogP contribution in [0.3, 0.4) is 0 Å². The van der Waals surface area contributed by atoms with Gasteiger partial charge in [-0.3, -0.25) is 4.72 Å². The number of aryl methyl sites for hydroxylation is 2. The number of nitrogens with one attached hydrogen (secondary N) is 1. The minimum atomic E-state index is -3.75. The molecule has 0 saturated carbocycles. The number of rotatable bonds is 4. The monoisotopic (exact) mass is 359 g/mol. The maximum absolute atomic E-state index is 12.3. The summed E-state index contributed by atoms with van der Waals surface area (Å²) in [7, 11) is -3.75. The zero-order chi connectivity index (χ0) is 14.9. The van der Waals surface area contributed by atoms with Crippen LogP contribution >= 0.6 is 15.9 Å². The van der Waals surface area contributed by atoms with E-state index in [2.05, 4.69) is 20.7 Å². The second-order valence-electron chi connectivity index (χ2n) is 4.38. The molecule has 20 heavy (non-hydrogen) atoms. The summed E-state index contributed by atoms with van der Waals surface area (Å²) in [5, 5.41) is 8.99. The molecule has 0 atom stereocenters. The number of benzene rings is 1. The van der Waals surface area contributed by atoms with Crippen LogP contribution in [0.15, 0.2) is 38.1 Å². The van der Waals surface area contributed by atoms with Gasteiger partial charge in [0.15, 0.2) is 0 Å². The molecule has 0 saturated heterocycles. The van der Waals surface area contributed by atoms with Crippen molar-refractivity contribution in [2.75, 3.05) is 4.72 Å². The lowest BCUT2D eigenvalue weighted by Crippen LogP contribution is -2.13. The fourth-order valence-electron chi connectivity index (χ4n) is 1.77. The minimum absolute atomic E-state index is 0.0222. The van der Waals surface area contributed by atoms with Gasteiger partial charge in [0.2, 0.25) is 0 Å². The Morgan fingerprint density at radius 1 is 1.30 bits per heavy atom. The summed E-state index contributed by atoms with van der Waals surface area (Å²) in [4.78, 5) is 0.0222. The van der Waals surface area contributed by atoms with Gasteiger partial charge in [-0.1, -0.05) is 6.07 Å². The first-order chi connectivity index (χ1) is 9.33. The van der Waals surface area contributed by atoms with Gasteiger partial charge in [0.05, 0.1) is 5.69 Å². The number of sulfonamides is 1. The van der Waals surface area contributed by atoms with E-state index < -0.39 is 10.0 Å². The van der Waals surface area contributed by atoms with E-state index in [-0.39, 0.29) is 23.0 Å². The summed E-state index contributed by atoms with van der Waals surface area (Å²) in [5.41, 5.74) is 1.46. The molecule has 0 spiro atoms. The van der Waals surface area contributed by atoms with Gasteiger partial charge in [-0.05, 0) is 47.5 Å². The Hall–Kier alpha value is -1.31. The average molecular weight is 360 g/mol. The molecule has 1 aromatic carbocycles. The Kier molecular flexibility index (Phi) is 4.22. The number of aliphatic hydroxyl groups excluding tert-OH is 1. The highest BCUT2D eigenvalue weighted by molar-refractivity contribution is 9.10. The van der Waals surface area contributed by atoms with Gasteiger partial charge in [-0.25, -0.2) is 8.42 Å². The van der Waals surface area contributed by atoms with Crippen molar-refractivity contribution in [2.24, 2.45) is 0 Å². The summed E-state index contributed by atoms with van der Waals surface area (Å²) in [6, 6.07) is 6.63. The smallest absolute Gasteiger partial charge is 0.265 e. The number of hydrogen-bond donors (Lipinski definition) is 2. The lowest BCUT2D eigenvalue weighted by atomic mass is 10.2. The molecule has 0 radical (unpaired) electrons. The van der Waals surface area contributed by atoms with Crippen molar-refractivity contribution in [1.29, 1.82) is 0 Å². The molecule has 2 N–H and O–H groups in total. The number of hydrogen-bond acceptors (Lipinski definition) is 4. The Bertz CT molecular complexity index is 737. The van der Waals surface area contributed by atoms with Crippen molar-refractivity contribution < 1.29 is 17.9 Å². The van der Waals surface area contributed by atoms with Gasteiger partial charge in [0.1, 0.15) is 23.0 Å².